The van der Waals surface area contributed by atoms with Gasteiger partial charge >= 0.3 is 5.97 Å². The van der Waals surface area contributed by atoms with E-state index in [-0.39, 0.29) is 11.4 Å². The summed E-state index contributed by atoms with van der Waals surface area (Å²) >= 11 is 5.82. The Hall–Kier alpha value is -2.09. The van der Waals surface area contributed by atoms with E-state index in [0.717, 1.165) is 0 Å². The van der Waals surface area contributed by atoms with Crippen LogP contribution in [0.5, 0.6) is 5.75 Å². The zero-order valence-electron chi connectivity index (χ0n) is 13.9. The smallest absolute Gasteiger partial charge is 0.312 e. The molecule has 0 heterocycles. The van der Waals surface area contributed by atoms with Gasteiger partial charge in [0.1, 0.15) is 11.2 Å². The zero-order chi connectivity index (χ0) is 19.1. The number of carboxylic acid groups (broad SMARTS) is 1. The fraction of sp³-hybridized carbons (Fsp3) is 0.278. The Bertz CT molecular complexity index is 927. The number of benzene rings is 2. The molecule has 3 atom stereocenters. The summed E-state index contributed by atoms with van der Waals surface area (Å²) in [6, 6.07) is 12.4. The third kappa shape index (κ3) is 2.76. The highest BCUT2D eigenvalue weighted by Crippen LogP contribution is 2.63. The molecule has 3 rings (SSSR count). The molecule has 26 heavy (non-hydrogen) atoms. The van der Waals surface area contributed by atoms with Crippen molar-refractivity contribution < 1.29 is 23.1 Å². The Morgan fingerprint density at radius 1 is 1.19 bits per heavy atom. The Morgan fingerprint density at radius 2 is 1.77 bits per heavy atom. The maximum Gasteiger partial charge on any atom is 0.312 e. The maximum absolute atomic E-state index is 13.1. The Labute approximate surface area is 156 Å². The fourth-order valence-corrected chi connectivity index (χ4v) is 6.01. The van der Waals surface area contributed by atoms with Crippen molar-refractivity contribution in [2.45, 2.75) is 16.1 Å². The highest BCUT2D eigenvalue weighted by molar-refractivity contribution is 7.92. The summed E-state index contributed by atoms with van der Waals surface area (Å²) in [6.07, 6.45) is 0. The molecular formula is C18H18ClNO5S. The lowest BCUT2D eigenvalue weighted by Gasteiger charge is -2.10. The summed E-state index contributed by atoms with van der Waals surface area (Å²) in [5.74, 6) is -1.36. The molecule has 0 spiro atoms. The van der Waals surface area contributed by atoms with E-state index in [0.29, 0.717) is 16.3 Å². The normalized spacial score (nSPS) is 24.9. The second kappa shape index (κ2) is 6.57. The van der Waals surface area contributed by atoms with Gasteiger partial charge in [0.05, 0.1) is 17.3 Å². The largest absolute Gasteiger partial charge is 0.497 e. The van der Waals surface area contributed by atoms with Crippen LogP contribution in [-0.2, 0) is 14.6 Å². The molecular weight excluding hydrogens is 378 g/mol. The first-order valence-corrected chi connectivity index (χ1v) is 9.78. The summed E-state index contributed by atoms with van der Waals surface area (Å²) < 4.78 is 31.3. The molecule has 2 aromatic rings. The first-order chi connectivity index (χ1) is 12.3. The molecule has 8 heteroatoms. The molecule has 3 N–H and O–H groups in total. The summed E-state index contributed by atoms with van der Waals surface area (Å²) in [4.78, 5) is 12.0. The van der Waals surface area contributed by atoms with Gasteiger partial charge in [0.2, 0.25) is 0 Å². The van der Waals surface area contributed by atoms with Crippen LogP contribution in [0.1, 0.15) is 11.5 Å². The molecule has 0 unspecified atom stereocenters. The molecule has 1 saturated carbocycles. The van der Waals surface area contributed by atoms with Crippen LogP contribution in [0.3, 0.4) is 0 Å². The van der Waals surface area contributed by atoms with Crippen LogP contribution in [0.25, 0.3) is 0 Å². The Kier molecular flexibility index (Phi) is 4.72. The molecule has 2 aromatic carbocycles. The van der Waals surface area contributed by atoms with Crippen molar-refractivity contribution in [2.24, 2.45) is 11.1 Å². The average Bonchev–Trinajstić information content (AvgIpc) is 3.34. The predicted molar refractivity (Wildman–Crippen MR) is 97.3 cm³/mol. The molecule has 0 saturated heterocycles. The lowest BCUT2D eigenvalue weighted by atomic mass is 9.99. The third-order valence-corrected chi connectivity index (χ3v) is 7.49. The second-order valence-electron chi connectivity index (χ2n) is 6.22. The number of aliphatic carboxylic acids is 1. The number of hydrogen-bond acceptors (Lipinski definition) is 5. The number of sulfone groups is 1. The van der Waals surface area contributed by atoms with Crippen LogP contribution in [0, 0.1) is 5.41 Å². The number of carbonyl (C=O) groups is 1. The highest BCUT2D eigenvalue weighted by Gasteiger charge is 2.75. The quantitative estimate of drug-likeness (QED) is 0.777. The molecule has 0 bridgehead atoms. The van der Waals surface area contributed by atoms with Crippen molar-refractivity contribution in [1.82, 2.24) is 0 Å². The summed E-state index contributed by atoms with van der Waals surface area (Å²) in [7, 11) is -2.40. The zero-order valence-corrected chi connectivity index (χ0v) is 15.5. The second-order valence-corrected chi connectivity index (χ2v) is 8.73. The van der Waals surface area contributed by atoms with Gasteiger partial charge in [-0.1, -0.05) is 23.7 Å². The van der Waals surface area contributed by atoms with Gasteiger partial charge in [0, 0.05) is 17.5 Å². The van der Waals surface area contributed by atoms with Gasteiger partial charge < -0.3 is 15.6 Å². The van der Waals surface area contributed by atoms with E-state index in [4.69, 9.17) is 22.1 Å². The van der Waals surface area contributed by atoms with Crippen LogP contribution in [-0.4, -0.2) is 38.4 Å². The van der Waals surface area contributed by atoms with Gasteiger partial charge in [-0.05, 0) is 42.0 Å². The summed E-state index contributed by atoms with van der Waals surface area (Å²) in [6.45, 7) is -0.281. The molecule has 1 fully saturated rings. The monoisotopic (exact) mass is 395 g/mol. The minimum absolute atomic E-state index is 0.0296. The standard InChI is InChI=1S/C18H18ClNO5S/c1-25-13-6-2-11(3-7-13)15-16(18(15,10-20)17(21)22)26(23,24)14-8-4-12(19)5-9-14/h2-9,15-16H,10,20H2,1H3,(H,21,22)/t15-,16-,18-/m0/s1. The van der Waals surface area contributed by atoms with Crippen LogP contribution >= 0.6 is 11.6 Å². The molecule has 0 radical (unpaired) electrons. The first-order valence-electron chi connectivity index (χ1n) is 7.86. The van der Waals surface area contributed by atoms with Gasteiger partial charge in [0.25, 0.3) is 0 Å². The summed E-state index contributed by atoms with van der Waals surface area (Å²) in [5.41, 5.74) is 4.79. The van der Waals surface area contributed by atoms with Crippen molar-refractivity contribution in [1.29, 1.82) is 0 Å². The third-order valence-electron chi connectivity index (χ3n) is 4.94. The van der Waals surface area contributed by atoms with Gasteiger partial charge in [-0.3, -0.25) is 4.79 Å². The van der Waals surface area contributed by atoms with Crippen LogP contribution in [0.15, 0.2) is 53.4 Å². The van der Waals surface area contributed by atoms with Crippen molar-refractivity contribution >= 4 is 27.4 Å². The van der Waals surface area contributed by atoms with E-state index < -0.39 is 32.4 Å². The highest BCUT2D eigenvalue weighted by atomic mass is 35.5. The number of halogens is 1. The topological polar surface area (TPSA) is 107 Å². The van der Waals surface area contributed by atoms with Gasteiger partial charge in [-0.2, -0.15) is 0 Å². The molecule has 1 aliphatic rings. The number of methoxy groups -OCH3 is 1. The SMILES string of the molecule is COc1ccc([C@H]2[C@H](S(=O)(=O)c3ccc(Cl)cc3)[C@@]2(CN)C(=O)O)cc1. The fourth-order valence-electron chi connectivity index (χ4n) is 3.50. The van der Waals surface area contributed by atoms with E-state index in [1.54, 1.807) is 24.3 Å². The molecule has 138 valence electrons. The van der Waals surface area contributed by atoms with E-state index >= 15 is 0 Å². The molecule has 0 aliphatic heterocycles. The van der Waals surface area contributed by atoms with Gasteiger partial charge in [-0.15, -0.1) is 0 Å². The van der Waals surface area contributed by atoms with E-state index in [1.807, 2.05) is 0 Å². The first kappa shape index (κ1) is 18.7. The molecule has 0 amide bonds. The summed E-state index contributed by atoms with van der Waals surface area (Å²) in [5, 5.41) is 9.02. The number of ether oxygens (including phenoxy) is 1. The Balaban J connectivity index is 2.08. The predicted octanol–water partition coefficient (Wildman–Crippen LogP) is 2.32. The number of nitrogens with two attached hydrogens (primary N) is 1. The lowest BCUT2D eigenvalue weighted by molar-refractivity contribution is -0.143. The van der Waals surface area contributed by atoms with Crippen LogP contribution < -0.4 is 10.5 Å². The average molecular weight is 396 g/mol. The van der Waals surface area contributed by atoms with Gasteiger partial charge in [-0.25, -0.2) is 8.42 Å². The van der Waals surface area contributed by atoms with E-state index in [1.165, 1.54) is 31.4 Å². The van der Waals surface area contributed by atoms with Crippen LogP contribution in [0.4, 0.5) is 0 Å². The van der Waals surface area contributed by atoms with Crippen molar-refractivity contribution in [3.05, 3.63) is 59.1 Å². The Morgan fingerprint density at radius 3 is 2.23 bits per heavy atom. The minimum atomic E-state index is -3.91. The molecule has 6 nitrogen and oxygen atoms in total. The lowest BCUT2D eigenvalue weighted by Crippen LogP contribution is -2.31. The van der Waals surface area contributed by atoms with Crippen LogP contribution in [0.2, 0.25) is 5.02 Å². The number of carboxylic acids is 1. The van der Waals surface area contributed by atoms with E-state index in [9.17, 15) is 18.3 Å². The van der Waals surface area contributed by atoms with E-state index in [2.05, 4.69) is 0 Å². The molecule has 1 aliphatic carbocycles. The maximum atomic E-state index is 13.1. The van der Waals surface area contributed by atoms with Crippen molar-refractivity contribution in [3.63, 3.8) is 0 Å². The van der Waals surface area contributed by atoms with Crippen molar-refractivity contribution in [2.75, 3.05) is 13.7 Å². The molecule has 0 aromatic heterocycles. The number of rotatable bonds is 6. The minimum Gasteiger partial charge on any atom is -0.497 e. The number of hydrogen-bond donors (Lipinski definition) is 2. The van der Waals surface area contributed by atoms with Crippen molar-refractivity contribution in [3.8, 4) is 5.75 Å². The van der Waals surface area contributed by atoms with Gasteiger partial charge in [0.15, 0.2) is 9.84 Å².